The first-order valence-electron chi connectivity index (χ1n) is 6.98. The Labute approximate surface area is 138 Å². The highest BCUT2D eigenvalue weighted by atomic mass is 79.9. The van der Waals surface area contributed by atoms with E-state index in [9.17, 15) is 8.42 Å². The van der Waals surface area contributed by atoms with Gasteiger partial charge in [-0.3, -0.25) is 0 Å². The number of pyridine rings is 1. The van der Waals surface area contributed by atoms with Crippen molar-refractivity contribution in [3.05, 3.63) is 53.1 Å². The molecule has 1 aliphatic rings. The van der Waals surface area contributed by atoms with Gasteiger partial charge in [0, 0.05) is 29.8 Å². The smallest absolute Gasteiger partial charge is 0.240 e. The zero-order valence-electron chi connectivity index (χ0n) is 11.8. The molecule has 1 N–H and O–H groups in total. The van der Waals surface area contributed by atoms with Crippen LogP contribution >= 0.6 is 15.9 Å². The summed E-state index contributed by atoms with van der Waals surface area (Å²) in [5.41, 5.74) is 0. The van der Waals surface area contributed by atoms with Crippen molar-refractivity contribution in [2.75, 3.05) is 18.0 Å². The summed E-state index contributed by atoms with van der Waals surface area (Å²) in [7, 11) is -3.48. The van der Waals surface area contributed by atoms with Crippen molar-refractivity contribution >= 4 is 31.8 Å². The van der Waals surface area contributed by atoms with E-state index in [-0.39, 0.29) is 10.9 Å². The van der Waals surface area contributed by atoms with Crippen LogP contribution in [0.3, 0.4) is 0 Å². The number of halogens is 1. The Morgan fingerprint density at radius 3 is 2.64 bits per heavy atom. The molecule has 7 heteroatoms. The summed E-state index contributed by atoms with van der Waals surface area (Å²) in [6, 6.07) is 12.3. The Kier molecular flexibility index (Phi) is 4.46. The average molecular weight is 382 g/mol. The van der Waals surface area contributed by atoms with Gasteiger partial charge in [-0.2, -0.15) is 0 Å². The number of nitrogens with one attached hydrogen (secondary N) is 1. The summed E-state index contributed by atoms with van der Waals surface area (Å²) in [5, 5.41) is 0. The summed E-state index contributed by atoms with van der Waals surface area (Å²) >= 11 is 3.31. The van der Waals surface area contributed by atoms with E-state index in [1.807, 2.05) is 18.2 Å². The molecule has 0 radical (unpaired) electrons. The van der Waals surface area contributed by atoms with Gasteiger partial charge in [0.2, 0.25) is 10.0 Å². The molecule has 0 bridgehead atoms. The molecule has 2 heterocycles. The van der Waals surface area contributed by atoms with E-state index in [1.54, 1.807) is 30.5 Å². The summed E-state index contributed by atoms with van der Waals surface area (Å²) < 4.78 is 28.4. The second-order valence-electron chi connectivity index (χ2n) is 5.19. The van der Waals surface area contributed by atoms with E-state index in [0.29, 0.717) is 6.54 Å². The molecule has 0 amide bonds. The second kappa shape index (κ2) is 6.36. The maximum absolute atomic E-state index is 12.4. The highest BCUT2D eigenvalue weighted by Gasteiger charge is 2.27. The van der Waals surface area contributed by atoms with Gasteiger partial charge in [-0.05, 0) is 42.8 Å². The van der Waals surface area contributed by atoms with Crippen LogP contribution in [-0.2, 0) is 10.0 Å². The zero-order valence-corrected chi connectivity index (χ0v) is 14.2. The SMILES string of the molecule is O=S(=O)(NC1CCN(c2ccccn2)C1)c1ccc(Br)cc1. The minimum atomic E-state index is -3.48. The van der Waals surface area contributed by atoms with Crippen LogP contribution in [0.5, 0.6) is 0 Å². The second-order valence-corrected chi connectivity index (χ2v) is 7.82. The predicted molar refractivity (Wildman–Crippen MR) is 89.3 cm³/mol. The lowest BCUT2D eigenvalue weighted by atomic mass is 10.3. The highest BCUT2D eigenvalue weighted by Crippen LogP contribution is 2.20. The molecule has 1 saturated heterocycles. The van der Waals surface area contributed by atoms with E-state index < -0.39 is 10.0 Å². The molecule has 1 unspecified atom stereocenters. The van der Waals surface area contributed by atoms with Crippen molar-refractivity contribution in [3.8, 4) is 0 Å². The minimum Gasteiger partial charge on any atom is -0.355 e. The molecule has 116 valence electrons. The zero-order chi connectivity index (χ0) is 15.6. The van der Waals surface area contributed by atoms with E-state index >= 15 is 0 Å². The van der Waals surface area contributed by atoms with Crippen molar-refractivity contribution in [3.63, 3.8) is 0 Å². The average Bonchev–Trinajstić information content (AvgIpc) is 2.96. The summed E-state index contributed by atoms with van der Waals surface area (Å²) in [6.45, 7) is 1.43. The maximum atomic E-state index is 12.4. The van der Waals surface area contributed by atoms with Gasteiger partial charge in [-0.15, -0.1) is 0 Å². The Hall–Kier alpha value is -1.44. The number of hydrogen-bond acceptors (Lipinski definition) is 4. The van der Waals surface area contributed by atoms with Gasteiger partial charge in [0.05, 0.1) is 4.90 Å². The maximum Gasteiger partial charge on any atom is 0.240 e. The van der Waals surface area contributed by atoms with Crippen molar-refractivity contribution < 1.29 is 8.42 Å². The standard InChI is InChI=1S/C15H16BrN3O2S/c16-12-4-6-14(7-5-12)22(20,21)18-13-8-10-19(11-13)15-3-1-2-9-17-15/h1-7,9,13,18H,8,10-11H2. The van der Waals surface area contributed by atoms with Gasteiger partial charge >= 0.3 is 0 Å². The van der Waals surface area contributed by atoms with Gasteiger partial charge < -0.3 is 4.90 Å². The summed E-state index contributed by atoms with van der Waals surface area (Å²) in [6.07, 6.45) is 2.51. The number of anilines is 1. The van der Waals surface area contributed by atoms with Crippen LogP contribution in [0, 0.1) is 0 Å². The third-order valence-corrected chi connectivity index (χ3v) is 5.67. The molecule has 5 nitrogen and oxygen atoms in total. The summed E-state index contributed by atoms with van der Waals surface area (Å²) in [4.78, 5) is 6.68. The third kappa shape index (κ3) is 3.48. The van der Waals surface area contributed by atoms with Crippen LogP contribution in [0.25, 0.3) is 0 Å². The van der Waals surface area contributed by atoms with Gasteiger partial charge in [0.25, 0.3) is 0 Å². The van der Waals surface area contributed by atoms with Crippen LogP contribution in [-0.4, -0.2) is 32.5 Å². The molecule has 1 atom stereocenters. The predicted octanol–water partition coefficient (Wildman–Crippen LogP) is 2.40. The molecule has 0 saturated carbocycles. The van der Waals surface area contributed by atoms with E-state index in [4.69, 9.17) is 0 Å². The van der Waals surface area contributed by atoms with Crippen LogP contribution in [0.15, 0.2) is 58.0 Å². The molecule has 22 heavy (non-hydrogen) atoms. The lowest BCUT2D eigenvalue weighted by Gasteiger charge is -2.17. The first-order valence-corrected chi connectivity index (χ1v) is 9.26. The van der Waals surface area contributed by atoms with Gasteiger partial charge in [-0.1, -0.05) is 22.0 Å². The molecule has 1 fully saturated rings. The lowest BCUT2D eigenvalue weighted by molar-refractivity contribution is 0.561. The van der Waals surface area contributed by atoms with Gasteiger partial charge in [0.15, 0.2) is 0 Å². The largest absolute Gasteiger partial charge is 0.355 e. The first-order chi connectivity index (χ1) is 10.5. The fourth-order valence-electron chi connectivity index (χ4n) is 2.51. The fourth-order valence-corrected chi connectivity index (χ4v) is 4.03. The molecular formula is C15H16BrN3O2S. The van der Waals surface area contributed by atoms with Crippen molar-refractivity contribution in [1.29, 1.82) is 0 Å². The van der Waals surface area contributed by atoms with Crippen molar-refractivity contribution in [1.82, 2.24) is 9.71 Å². The summed E-state index contributed by atoms with van der Waals surface area (Å²) in [5.74, 6) is 0.882. The Morgan fingerprint density at radius 2 is 1.95 bits per heavy atom. The molecule has 1 aliphatic heterocycles. The Bertz CT molecular complexity index is 735. The monoisotopic (exact) mass is 381 g/mol. The number of aromatic nitrogens is 1. The molecule has 2 aromatic rings. The van der Waals surface area contributed by atoms with Crippen LogP contribution < -0.4 is 9.62 Å². The lowest BCUT2D eigenvalue weighted by Crippen LogP contribution is -2.37. The van der Waals surface area contributed by atoms with Crippen molar-refractivity contribution in [2.24, 2.45) is 0 Å². The fraction of sp³-hybridized carbons (Fsp3) is 0.267. The number of sulfonamides is 1. The van der Waals surface area contributed by atoms with Gasteiger partial charge in [-0.25, -0.2) is 18.1 Å². The topological polar surface area (TPSA) is 62.3 Å². The van der Waals surface area contributed by atoms with Crippen molar-refractivity contribution in [2.45, 2.75) is 17.4 Å². The van der Waals surface area contributed by atoms with E-state index in [2.05, 4.69) is 30.5 Å². The highest BCUT2D eigenvalue weighted by molar-refractivity contribution is 9.10. The minimum absolute atomic E-state index is 0.101. The Morgan fingerprint density at radius 1 is 1.18 bits per heavy atom. The Balaban J connectivity index is 1.68. The molecule has 3 rings (SSSR count). The first kappa shape index (κ1) is 15.5. The quantitative estimate of drug-likeness (QED) is 0.882. The van der Waals surface area contributed by atoms with Gasteiger partial charge in [0.1, 0.15) is 5.82 Å². The number of rotatable bonds is 4. The number of nitrogens with zero attached hydrogens (tertiary/aromatic N) is 2. The van der Waals surface area contributed by atoms with Crippen LogP contribution in [0.2, 0.25) is 0 Å². The van der Waals surface area contributed by atoms with E-state index in [0.717, 1.165) is 23.3 Å². The van der Waals surface area contributed by atoms with Crippen LogP contribution in [0.1, 0.15) is 6.42 Å². The number of hydrogen-bond donors (Lipinski definition) is 1. The molecule has 1 aromatic heterocycles. The molecule has 0 aliphatic carbocycles. The third-order valence-electron chi connectivity index (χ3n) is 3.61. The molecular weight excluding hydrogens is 366 g/mol. The number of benzene rings is 1. The molecule has 1 aromatic carbocycles. The van der Waals surface area contributed by atoms with Crippen LogP contribution in [0.4, 0.5) is 5.82 Å². The molecule has 0 spiro atoms. The van der Waals surface area contributed by atoms with E-state index in [1.165, 1.54) is 0 Å². The normalized spacial score (nSPS) is 18.6.